The normalized spacial score (nSPS) is 11.8. The SMILES string of the molecule is COc1ccc2[nH]c(=O)c(CN(Cc3ccccc3)S(=O)(=O)c3ccc(C)c(Cl)c3)cc2c1. The van der Waals surface area contributed by atoms with E-state index in [-0.39, 0.29) is 23.5 Å². The van der Waals surface area contributed by atoms with Crippen molar-refractivity contribution in [2.24, 2.45) is 0 Å². The van der Waals surface area contributed by atoms with E-state index in [0.717, 1.165) is 16.5 Å². The maximum absolute atomic E-state index is 13.6. The Morgan fingerprint density at radius 3 is 2.42 bits per heavy atom. The highest BCUT2D eigenvalue weighted by molar-refractivity contribution is 7.89. The van der Waals surface area contributed by atoms with E-state index in [1.165, 1.54) is 16.4 Å². The van der Waals surface area contributed by atoms with Crippen LogP contribution in [0.4, 0.5) is 0 Å². The number of aryl methyl sites for hydroxylation is 1. The van der Waals surface area contributed by atoms with Crippen molar-refractivity contribution in [2.75, 3.05) is 7.11 Å². The van der Waals surface area contributed by atoms with Crippen LogP contribution in [0.1, 0.15) is 16.7 Å². The summed E-state index contributed by atoms with van der Waals surface area (Å²) < 4.78 is 33.8. The number of nitrogens with zero attached hydrogens (tertiary/aromatic N) is 1. The average Bonchev–Trinajstić information content (AvgIpc) is 2.81. The van der Waals surface area contributed by atoms with Crippen LogP contribution in [-0.2, 0) is 23.1 Å². The van der Waals surface area contributed by atoms with Gasteiger partial charge < -0.3 is 9.72 Å². The molecule has 0 saturated carbocycles. The Morgan fingerprint density at radius 2 is 1.73 bits per heavy atom. The van der Waals surface area contributed by atoms with Crippen LogP contribution in [-0.4, -0.2) is 24.8 Å². The van der Waals surface area contributed by atoms with E-state index in [9.17, 15) is 13.2 Å². The standard InChI is InChI=1S/C25H23ClN2O4S/c1-17-8-10-22(14-23(17)26)33(30,31)28(15-18-6-4-3-5-7-18)16-20-12-19-13-21(32-2)9-11-24(19)27-25(20)29/h3-14H,15-16H2,1-2H3,(H,27,29). The molecule has 4 rings (SSSR count). The summed E-state index contributed by atoms with van der Waals surface area (Å²) in [6, 6.07) is 20.9. The fourth-order valence-corrected chi connectivity index (χ4v) is 5.24. The van der Waals surface area contributed by atoms with Crippen LogP contribution >= 0.6 is 11.6 Å². The van der Waals surface area contributed by atoms with Gasteiger partial charge in [0, 0.05) is 34.6 Å². The van der Waals surface area contributed by atoms with Crippen LogP contribution < -0.4 is 10.3 Å². The van der Waals surface area contributed by atoms with Crippen molar-refractivity contribution in [3.63, 3.8) is 0 Å². The van der Waals surface area contributed by atoms with Gasteiger partial charge in [0.15, 0.2) is 0 Å². The third-order valence-corrected chi connectivity index (χ3v) is 7.65. The van der Waals surface area contributed by atoms with Crippen LogP contribution in [0, 0.1) is 6.92 Å². The first-order valence-electron chi connectivity index (χ1n) is 10.3. The summed E-state index contributed by atoms with van der Waals surface area (Å²) in [6.45, 7) is 1.80. The zero-order valence-electron chi connectivity index (χ0n) is 18.2. The third-order valence-electron chi connectivity index (χ3n) is 5.46. The third kappa shape index (κ3) is 4.95. The molecule has 4 aromatic rings. The minimum Gasteiger partial charge on any atom is -0.497 e. The number of fused-ring (bicyclic) bond motifs is 1. The van der Waals surface area contributed by atoms with Crippen LogP contribution in [0.15, 0.2) is 82.5 Å². The number of rotatable bonds is 7. The maximum atomic E-state index is 13.6. The Labute approximate surface area is 197 Å². The van der Waals surface area contributed by atoms with Crippen molar-refractivity contribution in [1.82, 2.24) is 9.29 Å². The first-order valence-corrected chi connectivity index (χ1v) is 12.1. The Balaban J connectivity index is 1.79. The zero-order chi connectivity index (χ0) is 23.6. The molecular formula is C25H23ClN2O4S. The molecule has 0 unspecified atom stereocenters. The van der Waals surface area contributed by atoms with Gasteiger partial charge in [-0.3, -0.25) is 4.79 Å². The molecule has 1 N–H and O–H groups in total. The van der Waals surface area contributed by atoms with E-state index in [0.29, 0.717) is 21.9 Å². The van der Waals surface area contributed by atoms with Crippen molar-refractivity contribution in [3.8, 4) is 5.75 Å². The maximum Gasteiger partial charge on any atom is 0.252 e. The van der Waals surface area contributed by atoms with Crippen LogP contribution in [0.25, 0.3) is 10.9 Å². The van der Waals surface area contributed by atoms with Gasteiger partial charge in [0.2, 0.25) is 10.0 Å². The van der Waals surface area contributed by atoms with Crippen molar-refractivity contribution in [3.05, 3.63) is 105 Å². The van der Waals surface area contributed by atoms with Gasteiger partial charge >= 0.3 is 0 Å². The number of halogens is 1. The molecule has 0 aliphatic heterocycles. The lowest BCUT2D eigenvalue weighted by Crippen LogP contribution is -2.32. The topological polar surface area (TPSA) is 79.5 Å². The number of hydrogen-bond acceptors (Lipinski definition) is 4. The van der Waals surface area contributed by atoms with Crippen LogP contribution in [0.5, 0.6) is 5.75 Å². The number of hydrogen-bond donors (Lipinski definition) is 1. The lowest BCUT2D eigenvalue weighted by molar-refractivity contribution is 0.399. The van der Waals surface area contributed by atoms with Crippen molar-refractivity contribution >= 4 is 32.5 Å². The quantitative estimate of drug-likeness (QED) is 0.406. The molecule has 0 radical (unpaired) electrons. The molecule has 0 aliphatic carbocycles. The highest BCUT2D eigenvalue weighted by atomic mass is 35.5. The van der Waals surface area contributed by atoms with Crippen LogP contribution in [0.3, 0.4) is 0 Å². The average molecular weight is 483 g/mol. The molecule has 0 amide bonds. The molecule has 0 bridgehead atoms. The second-order valence-electron chi connectivity index (χ2n) is 7.75. The van der Waals surface area contributed by atoms with Crippen molar-refractivity contribution in [1.29, 1.82) is 0 Å². The number of H-pyrrole nitrogens is 1. The molecule has 1 heterocycles. The molecule has 0 spiro atoms. The monoisotopic (exact) mass is 482 g/mol. The predicted octanol–water partition coefficient (Wildman–Crippen LogP) is 4.89. The number of aromatic nitrogens is 1. The van der Waals surface area contributed by atoms with Gasteiger partial charge in [0.25, 0.3) is 5.56 Å². The van der Waals surface area contributed by atoms with Gasteiger partial charge in [0.05, 0.1) is 12.0 Å². The fraction of sp³-hybridized carbons (Fsp3) is 0.160. The second-order valence-corrected chi connectivity index (χ2v) is 10.1. The summed E-state index contributed by atoms with van der Waals surface area (Å²) in [6.07, 6.45) is 0. The molecular weight excluding hydrogens is 460 g/mol. The molecule has 170 valence electrons. The van der Waals surface area contributed by atoms with Crippen molar-refractivity contribution in [2.45, 2.75) is 24.9 Å². The van der Waals surface area contributed by atoms with Gasteiger partial charge in [-0.05, 0) is 54.4 Å². The van der Waals surface area contributed by atoms with E-state index in [2.05, 4.69) is 4.98 Å². The fourth-order valence-electron chi connectivity index (χ4n) is 3.56. The Bertz CT molecular complexity index is 1470. The number of ether oxygens (including phenoxy) is 1. The lowest BCUT2D eigenvalue weighted by Gasteiger charge is -2.23. The molecule has 0 fully saturated rings. The van der Waals surface area contributed by atoms with Gasteiger partial charge in [0.1, 0.15) is 5.75 Å². The van der Waals surface area contributed by atoms with Gasteiger partial charge in [-0.15, -0.1) is 0 Å². The number of pyridine rings is 1. The molecule has 33 heavy (non-hydrogen) atoms. The largest absolute Gasteiger partial charge is 0.497 e. The highest BCUT2D eigenvalue weighted by Gasteiger charge is 2.26. The second kappa shape index (κ2) is 9.39. The first kappa shape index (κ1) is 23.0. The number of sulfonamides is 1. The minimum atomic E-state index is -3.95. The highest BCUT2D eigenvalue weighted by Crippen LogP contribution is 2.26. The van der Waals surface area contributed by atoms with Crippen LogP contribution in [0.2, 0.25) is 5.02 Å². The molecule has 0 saturated heterocycles. The smallest absolute Gasteiger partial charge is 0.252 e. The summed E-state index contributed by atoms with van der Waals surface area (Å²) in [5, 5.41) is 1.12. The molecule has 0 aliphatic rings. The summed E-state index contributed by atoms with van der Waals surface area (Å²) in [5.74, 6) is 0.642. The summed E-state index contributed by atoms with van der Waals surface area (Å²) in [5.41, 5.74) is 2.21. The molecule has 3 aromatic carbocycles. The van der Waals surface area contributed by atoms with Crippen molar-refractivity contribution < 1.29 is 13.2 Å². The summed E-state index contributed by atoms with van der Waals surface area (Å²) >= 11 is 6.21. The summed E-state index contributed by atoms with van der Waals surface area (Å²) in [7, 11) is -2.38. The van der Waals surface area contributed by atoms with Gasteiger partial charge in [-0.2, -0.15) is 4.31 Å². The molecule has 6 nitrogen and oxygen atoms in total. The Morgan fingerprint density at radius 1 is 0.970 bits per heavy atom. The molecule has 0 atom stereocenters. The number of methoxy groups -OCH3 is 1. The zero-order valence-corrected chi connectivity index (χ0v) is 19.8. The Kier molecular flexibility index (Phi) is 6.56. The molecule has 8 heteroatoms. The lowest BCUT2D eigenvalue weighted by atomic mass is 10.1. The number of nitrogens with one attached hydrogen (secondary N) is 1. The van der Waals surface area contributed by atoms with E-state index in [1.54, 1.807) is 37.4 Å². The summed E-state index contributed by atoms with van der Waals surface area (Å²) in [4.78, 5) is 15.7. The van der Waals surface area contributed by atoms with E-state index >= 15 is 0 Å². The van der Waals surface area contributed by atoms with Gasteiger partial charge in [-0.25, -0.2) is 8.42 Å². The number of aromatic amines is 1. The van der Waals surface area contributed by atoms with Gasteiger partial charge in [-0.1, -0.05) is 48.0 Å². The van der Waals surface area contributed by atoms with E-state index < -0.39 is 10.0 Å². The van der Waals surface area contributed by atoms with E-state index in [4.69, 9.17) is 16.3 Å². The Hall–Kier alpha value is -3.13. The minimum absolute atomic E-state index is 0.0768. The number of benzene rings is 3. The van der Waals surface area contributed by atoms with E-state index in [1.807, 2.05) is 37.3 Å². The molecule has 1 aromatic heterocycles. The first-order chi connectivity index (χ1) is 15.8. The predicted molar refractivity (Wildman–Crippen MR) is 130 cm³/mol.